The lowest BCUT2D eigenvalue weighted by Crippen LogP contribution is -2.38. The third kappa shape index (κ3) is 3.49. The van der Waals surface area contributed by atoms with Gasteiger partial charge >= 0.3 is 0 Å². The Morgan fingerprint density at radius 1 is 1.30 bits per heavy atom. The third-order valence-electron chi connectivity index (χ3n) is 5.33. The second-order valence-electron chi connectivity index (χ2n) is 7.15. The number of para-hydroxylation sites is 1. The Bertz CT molecular complexity index is 920. The van der Waals surface area contributed by atoms with Gasteiger partial charge in [0.05, 0.1) is 19.6 Å². The van der Waals surface area contributed by atoms with E-state index in [1.807, 2.05) is 40.8 Å². The number of morpholine rings is 1. The number of hydrogen-bond donors (Lipinski definition) is 0. The number of anilines is 2. The molecule has 0 aliphatic carbocycles. The number of rotatable bonds is 3. The number of amides is 1. The molecule has 2 aliphatic heterocycles. The van der Waals surface area contributed by atoms with Crippen LogP contribution >= 0.6 is 12.2 Å². The lowest BCUT2D eigenvalue weighted by molar-refractivity contribution is -0.118. The number of fused-ring (bicyclic) bond motifs is 1. The Labute approximate surface area is 164 Å². The molecule has 7 heteroatoms. The van der Waals surface area contributed by atoms with Gasteiger partial charge < -0.3 is 19.1 Å². The molecule has 0 radical (unpaired) electrons. The summed E-state index contributed by atoms with van der Waals surface area (Å²) in [5, 5.41) is 0. The van der Waals surface area contributed by atoms with E-state index in [-0.39, 0.29) is 18.4 Å². The van der Waals surface area contributed by atoms with Gasteiger partial charge in [0.1, 0.15) is 16.3 Å². The monoisotopic (exact) mass is 384 g/mol. The van der Waals surface area contributed by atoms with Crippen molar-refractivity contribution in [2.24, 2.45) is 7.05 Å². The van der Waals surface area contributed by atoms with Crippen LogP contribution in [0.1, 0.15) is 18.3 Å². The number of ether oxygens (including phenoxy) is 1. The first-order chi connectivity index (χ1) is 13.0. The molecule has 1 unspecified atom stereocenters. The lowest BCUT2D eigenvalue weighted by atomic mass is 10.1. The van der Waals surface area contributed by atoms with Crippen LogP contribution in [0.4, 0.5) is 11.5 Å². The summed E-state index contributed by atoms with van der Waals surface area (Å²) in [5.74, 6) is 1.59. The van der Waals surface area contributed by atoms with Crippen LogP contribution in [0.2, 0.25) is 0 Å². The van der Waals surface area contributed by atoms with Crippen molar-refractivity contribution >= 4 is 29.6 Å². The number of benzene rings is 1. The molecule has 27 heavy (non-hydrogen) atoms. The first-order valence-electron chi connectivity index (χ1n) is 9.34. The normalized spacial score (nSPS) is 19.3. The van der Waals surface area contributed by atoms with Gasteiger partial charge in [-0.05, 0) is 25.0 Å². The molecule has 6 nitrogen and oxygen atoms in total. The molecule has 1 saturated heterocycles. The van der Waals surface area contributed by atoms with E-state index in [1.54, 1.807) is 0 Å². The standard InChI is InChI=1S/C20H24N4O2S/c1-14-11-15-5-3-4-6-16(15)24(14)19(25)12-17-21-18(13-20(27)22(17)2)23-7-9-26-10-8-23/h3-6,13-14H,7-12H2,1-2H3. The Morgan fingerprint density at radius 2 is 2.04 bits per heavy atom. The first-order valence-corrected chi connectivity index (χ1v) is 9.75. The summed E-state index contributed by atoms with van der Waals surface area (Å²) in [6, 6.07) is 10.2. The van der Waals surface area contributed by atoms with Gasteiger partial charge in [-0.1, -0.05) is 30.4 Å². The fourth-order valence-corrected chi connectivity index (χ4v) is 4.06. The van der Waals surface area contributed by atoms with E-state index in [0.717, 1.165) is 31.0 Å². The minimum Gasteiger partial charge on any atom is -0.378 e. The number of carbonyl (C=O) groups is 1. The van der Waals surface area contributed by atoms with Crippen molar-refractivity contribution in [2.75, 3.05) is 36.1 Å². The van der Waals surface area contributed by atoms with E-state index in [4.69, 9.17) is 21.9 Å². The lowest BCUT2D eigenvalue weighted by Gasteiger charge is -2.28. The van der Waals surface area contributed by atoms with E-state index in [1.165, 1.54) is 5.56 Å². The first kappa shape index (κ1) is 18.1. The van der Waals surface area contributed by atoms with E-state index < -0.39 is 0 Å². The zero-order chi connectivity index (χ0) is 19.0. The van der Waals surface area contributed by atoms with Gasteiger partial charge in [-0.15, -0.1) is 0 Å². The largest absolute Gasteiger partial charge is 0.378 e. The minimum atomic E-state index is 0.0593. The van der Waals surface area contributed by atoms with Crippen molar-refractivity contribution in [3.63, 3.8) is 0 Å². The number of carbonyl (C=O) groups excluding carboxylic acids is 1. The maximum absolute atomic E-state index is 13.1. The van der Waals surface area contributed by atoms with Gasteiger partial charge in [-0.3, -0.25) is 4.79 Å². The van der Waals surface area contributed by atoms with Crippen molar-refractivity contribution in [3.05, 3.63) is 46.4 Å². The zero-order valence-corrected chi connectivity index (χ0v) is 16.5. The Balaban J connectivity index is 1.61. The van der Waals surface area contributed by atoms with Gasteiger partial charge in [0.2, 0.25) is 5.91 Å². The molecule has 1 atom stereocenters. The van der Waals surface area contributed by atoms with Crippen molar-refractivity contribution in [3.8, 4) is 0 Å². The highest BCUT2D eigenvalue weighted by atomic mass is 32.1. The summed E-state index contributed by atoms with van der Waals surface area (Å²) in [6.07, 6.45) is 1.12. The van der Waals surface area contributed by atoms with E-state index >= 15 is 0 Å². The SMILES string of the molecule is CC1Cc2ccccc2N1C(=O)Cc1nc(N2CCOCC2)cc(=S)n1C. The minimum absolute atomic E-state index is 0.0593. The third-order valence-corrected chi connectivity index (χ3v) is 5.73. The van der Waals surface area contributed by atoms with Gasteiger partial charge in [0, 0.05) is 37.9 Å². The van der Waals surface area contributed by atoms with Crippen LogP contribution in [-0.2, 0) is 29.4 Å². The molecule has 0 saturated carbocycles. The summed E-state index contributed by atoms with van der Waals surface area (Å²) in [7, 11) is 1.88. The van der Waals surface area contributed by atoms with E-state index in [2.05, 4.69) is 17.9 Å². The van der Waals surface area contributed by atoms with Crippen molar-refractivity contribution in [2.45, 2.75) is 25.8 Å². The molecule has 1 aromatic carbocycles. The summed E-state index contributed by atoms with van der Waals surface area (Å²) >= 11 is 5.51. The van der Waals surface area contributed by atoms with Crippen molar-refractivity contribution in [1.29, 1.82) is 0 Å². The Hall–Kier alpha value is -2.25. The van der Waals surface area contributed by atoms with Gasteiger partial charge in [0.15, 0.2) is 0 Å². The molecular formula is C20H24N4O2S. The van der Waals surface area contributed by atoms with Crippen LogP contribution in [0.3, 0.4) is 0 Å². The molecule has 142 valence electrons. The van der Waals surface area contributed by atoms with Gasteiger partial charge in [-0.2, -0.15) is 0 Å². The maximum Gasteiger partial charge on any atom is 0.234 e. The molecule has 2 aromatic rings. The van der Waals surface area contributed by atoms with Crippen LogP contribution in [0.15, 0.2) is 30.3 Å². The smallest absolute Gasteiger partial charge is 0.234 e. The molecule has 4 rings (SSSR count). The number of aromatic nitrogens is 2. The van der Waals surface area contributed by atoms with Crippen molar-refractivity contribution in [1.82, 2.24) is 9.55 Å². The van der Waals surface area contributed by atoms with E-state index in [9.17, 15) is 4.79 Å². The summed E-state index contributed by atoms with van der Waals surface area (Å²) in [6.45, 7) is 5.05. The number of hydrogen-bond acceptors (Lipinski definition) is 5. The Morgan fingerprint density at radius 3 is 2.81 bits per heavy atom. The molecule has 1 fully saturated rings. The average molecular weight is 385 g/mol. The second-order valence-corrected chi connectivity index (χ2v) is 7.57. The fourth-order valence-electron chi connectivity index (χ4n) is 3.85. The molecule has 1 amide bonds. The van der Waals surface area contributed by atoms with Crippen LogP contribution < -0.4 is 9.80 Å². The highest BCUT2D eigenvalue weighted by Crippen LogP contribution is 2.32. The average Bonchev–Trinajstić information content (AvgIpc) is 3.01. The summed E-state index contributed by atoms with van der Waals surface area (Å²) in [4.78, 5) is 22.0. The predicted octanol–water partition coefficient (Wildman–Crippen LogP) is 2.51. The van der Waals surface area contributed by atoms with Crippen molar-refractivity contribution < 1.29 is 9.53 Å². The Kier molecular flexibility index (Phi) is 4.97. The summed E-state index contributed by atoms with van der Waals surface area (Å²) < 4.78 is 7.94. The molecule has 0 spiro atoms. The van der Waals surface area contributed by atoms with Gasteiger partial charge in [-0.25, -0.2) is 4.98 Å². The van der Waals surface area contributed by atoms with E-state index in [0.29, 0.717) is 23.7 Å². The molecule has 1 aromatic heterocycles. The van der Waals surface area contributed by atoms with Crippen LogP contribution in [0.25, 0.3) is 0 Å². The van der Waals surface area contributed by atoms with Crippen LogP contribution in [-0.4, -0.2) is 47.8 Å². The molecule has 2 aliphatic rings. The topological polar surface area (TPSA) is 50.6 Å². The zero-order valence-electron chi connectivity index (χ0n) is 15.7. The molecule has 0 N–H and O–H groups in total. The van der Waals surface area contributed by atoms with Crippen LogP contribution in [0.5, 0.6) is 0 Å². The highest BCUT2D eigenvalue weighted by molar-refractivity contribution is 7.71. The highest BCUT2D eigenvalue weighted by Gasteiger charge is 2.31. The predicted molar refractivity (Wildman–Crippen MR) is 108 cm³/mol. The summed E-state index contributed by atoms with van der Waals surface area (Å²) in [5.41, 5.74) is 2.24. The quantitative estimate of drug-likeness (QED) is 0.761. The molecule has 3 heterocycles. The molecular weight excluding hydrogens is 360 g/mol. The van der Waals surface area contributed by atoms with Gasteiger partial charge in [0.25, 0.3) is 0 Å². The van der Waals surface area contributed by atoms with Crippen LogP contribution in [0, 0.1) is 4.64 Å². The molecule has 0 bridgehead atoms. The fraction of sp³-hybridized carbons (Fsp3) is 0.450. The second kappa shape index (κ2) is 7.40. The maximum atomic E-state index is 13.1. The number of nitrogens with zero attached hydrogens (tertiary/aromatic N) is 4.